The van der Waals surface area contributed by atoms with Crippen LogP contribution < -0.4 is 0 Å². The zero-order valence-corrected chi connectivity index (χ0v) is 18.9. The maximum atomic E-state index is 13.0. The lowest BCUT2D eigenvalue weighted by Crippen LogP contribution is -2.46. The SMILES string of the molecule is CC(C)(C)N(Cc1ccccc1)C(=O)COC(=O)c1cnn2c(-c3ccccc3)ccnc12. The number of rotatable bonds is 6. The molecule has 4 aromatic rings. The smallest absolute Gasteiger partial charge is 0.344 e. The molecule has 0 N–H and O–H groups in total. The molecule has 0 spiro atoms. The minimum atomic E-state index is -0.635. The van der Waals surface area contributed by atoms with E-state index in [2.05, 4.69) is 10.1 Å². The minimum Gasteiger partial charge on any atom is -0.452 e. The third-order valence-corrected chi connectivity index (χ3v) is 5.31. The van der Waals surface area contributed by atoms with Gasteiger partial charge < -0.3 is 9.64 Å². The van der Waals surface area contributed by atoms with Gasteiger partial charge in [-0.2, -0.15) is 5.10 Å². The number of amides is 1. The predicted octanol–water partition coefficient (Wildman–Crippen LogP) is 4.38. The van der Waals surface area contributed by atoms with Crippen LogP contribution in [0.5, 0.6) is 0 Å². The lowest BCUT2D eigenvalue weighted by atomic mass is 10.0. The van der Waals surface area contributed by atoms with E-state index in [4.69, 9.17) is 4.74 Å². The highest BCUT2D eigenvalue weighted by Gasteiger charge is 2.28. The molecule has 7 nitrogen and oxygen atoms in total. The zero-order chi connectivity index (χ0) is 23.4. The van der Waals surface area contributed by atoms with Crippen molar-refractivity contribution in [3.63, 3.8) is 0 Å². The summed E-state index contributed by atoms with van der Waals surface area (Å²) >= 11 is 0. The molecule has 0 atom stereocenters. The van der Waals surface area contributed by atoms with Crippen LogP contribution >= 0.6 is 0 Å². The molecule has 4 rings (SSSR count). The Kier molecular flexibility index (Phi) is 6.22. The first-order valence-corrected chi connectivity index (χ1v) is 10.7. The number of hydrogen-bond donors (Lipinski definition) is 0. The van der Waals surface area contributed by atoms with Gasteiger partial charge in [0.1, 0.15) is 5.56 Å². The second-order valence-corrected chi connectivity index (χ2v) is 8.70. The van der Waals surface area contributed by atoms with Crippen LogP contribution in [0, 0.1) is 0 Å². The molecule has 0 fully saturated rings. The first-order chi connectivity index (χ1) is 15.8. The van der Waals surface area contributed by atoms with Crippen molar-refractivity contribution in [1.82, 2.24) is 19.5 Å². The molecule has 0 bridgehead atoms. The van der Waals surface area contributed by atoms with E-state index in [0.717, 1.165) is 16.8 Å². The van der Waals surface area contributed by atoms with Crippen molar-refractivity contribution < 1.29 is 14.3 Å². The van der Waals surface area contributed by atoms with E-state index in [0.29, 0.717) is 12.2 Å². The molecule has 1 amide bonds. The molecule has 7 heteroatoms. The zero-order valence-electron chi connectivity index (χ0n) is 18.9. The summed E-state index contributed by atoms with van der Waals surface area (Å²) in [7, 11) is 0. The van der Waals surface area contributed by atoms with Gasteiger partial charge in [0.05, 0.1) is 11.9 Å². The van der Waals surface area contributed by atoms with Gasteiger partial charge in [0.2, 0.25) is 0 Å². The Labute approximate surface area is 192 Å². The average Bonchev–Trinajstić information content (AvgIpc) is 3.26. The minimum absolute atomic E-state index is 0.214. The summed E-state index contributed by atoms with van der Waals surface area (Å²) in [5.41, 5.74) is 2.92. The van der Waals surface area contributed by atoms with Crippen LogP contribution in [0.4, 0.5) is 0 Å². The maximum absolute atomic E-state index is 13.0. The Morgan fingerprint density at radius 1 is 0.970 bits per heavy atom. The lowest BCUT2D eigenvalue weighted by molar-refractivity contribution is -0.140. The van der Waals surface area contributed by atoms with Gasteiger partial charge in [-0.05, 0) is 32.4 Å². The first kappa shape index (κ1) is 22.2. The number of ether oxygens (including phenoxy) is 1. The standard InChI is InChI=1S/C26H26N4O3/c1-26(2,3)29(17-19-10-6-4-7-11-19)23(31)18-33-25(32)21-16-28-30-22(14-15-27-24(21)30)20-12-8-5-9-13-20/h4-16H,17-18H2,1-3H3. The number of hydrogen-bond acceptors (Lipinski definition) is 5. The third-order valence-electron chi connectivity index (χ3n) is 5.31. The van der Waals surface area contributed by atoms with E-state index in [1.807, 2.05) is 87.5 Å². The van der Waals surface area contributed by atoms with Crippen LogP contribution in [0.25, 0.3) is 16.9 Å². The molecule has 0 unspecified atom stereocenters. The van der Waals surface area contributed by atoms with Gasteiger partial charge in [0.25, 0.3) is 5.91 Å². The number of fused-ring (bicyclic) bond motifs is 1. The third kappa shape index (κ3) is 4.92. The van der Waals surface area contributed by atoms with Crippen molar-refractivity contribution in [3.05, 3.63) is 90.3 Å². The molecule has 0 aliphatic heterocycles. The Morgan fingerprint density at radius 3 is 2.30 bits per heavy atom. The molecule has 2 heterocycles. The van der Waals surface area contributed by atoms with Crippen LogP contribution in [-0.4, -0.2) is 43.5 Å². The summed E-state index contributed by atoms with van der Waals surface area (Å²) in [6.07, 6.45) is 3.05. The van der Waals surface area contributed by atoms with Crippen molar-refractivity contribution in [2.75, 3.05) is 6.61 Å². The van der Waals surface area contributed by atoms with Crippen LogP contribution in [0.2, 0.25) is 0 Å². The summed E-state index contributed by atoms with van der Waals surface area (Å²) in [6, 6.07) is 21.3. The van der Waals surface area contributed by atoms with Crippen molar-refractivity contribution in [1.29, 1.82) is 0 Å². The fourth-order valence-electron chi connectivity index (χ4n) is 3.61. The monoisotopic (exact) mass is 442 g/mol. The predicted molar refractivity (Wildman–Crippen MR) is 125 cm³/mol. The highest BCUT2D eigenvalue weighted by molar-refractivity contribution is 5.97. The Morgan fingerprint density at radius 2 is 1.64 bits per heavy atom. The molecule has 0 saturated heterocycles. The normalized spacial score (nSPS) is 11.4. The number of carbonyl (C=O) groups is 2. The molecular formula is C26H26N4O3. The highest BCUT2D eigenvalue weighted by atomic mass is 16.5. The van der Waals surface area contributed by atoms with E-state index < -0.39 is 11.5 Å². The molecule has 33 heavy (non-hydrogen) atoms. The van der Waals surface area contributed by atoms with Gasteiger partial charge in [-0.1, -0.05) is 60.7 Å². The Bertz CT molecular complexity index is 1260. The van der Waals surface area contributed by atoms with Crippen LogP contribution in [0.15, 0.2) is 79.1 Å². The van der Waals surface area contributed by atoms with Crippen molar-refractivity contribution in [2.24, 2.45) is 0 Å². The van der Waals surface area contributed by atoms with Crippen molar-refractivity contribution in [3.8, 4) is 11.3 Å². The fraction of sp³-hybridized carbons (Fsp3) is 0.231. The van der Waals surface area contributed by atoms with Crippen molar-refractivity contribution in [2.45, 2.75) is 32.9 Å². The topological polar surface area (TPSA) is 76.8 Å². The Balaban J connectivity index is 1.51. The van der Waals surface area contributed by atoms with E-state index in [1.54, 1.807) is 15.6 Å². The van der Waals surface area contributed by atoms with E-state index in [-0.39, 0.29) is 18.1 Å². The number of carbonyl (C=O) groups excluding carboxylic acids is 2. The summed E-state index contributed by atoms with van der Waals surface area (Å²) in [4.78, 5) is 31.8. The second-order valence-electron chi connectivity index (χ2n) is 8.70. The van der Waals surface area contributed by atoms with Gasteiger partial charge >= 0.3 is 5.97 Å². The molecule has 168 valence electrons. The van der Waals surface area contributed by atoms with Gasteiger partial charge in [-0.3, -0.25) is 4.79 Å². The average molecular weight is 443 g/mol. The largest absolute Gasteiger partial charge is 0.452 e. The number of benzene rings is 2. The molecule has 2 aromatic heterocycles. The van der Waals surface area contributed by atoms with E-state index >= 15 is 0 Å². The van der Waals surface area contributed by atoms with Gasteiger partial charge in [0, 0.05) is 23.8 Å². The van der Waals surface area contributed by atoms with Gasteiger partial charge in [-0.15, -0.1) is 0 Å². The molecule has 0 aliphatic rings. The molecule has 0 radical (unpaired) electrons. The molecule has 2 aromatic carbocycles. The number of nitrogens with zero attached hydrogens (tertiary/aromatic N) is 4. The summed E-state index contributed by atoms with van der Waals surface area (Å²) in [5, 5.41) is 4.33. The van der Waals surface area contributed by atoms with Crippen molar-refractivity contribution >= 4 is 17.5 Å². The fourth-order valence-corrected chi connectivity index (χ4v) is 3.61. The highest BCUT2D eigenvalue weighted by Crippen LogP contribution is 2.22. The lowest BCUT2D eigenvalue weighted by Gasteiger charge is -2.35. The maximum Gasteiger partial charge on any atom is 0.344 e. The van der Waals surface area contributed by atoms with E-state index in [9.17, 15) is 9.59 Å². The van der Waals surface area contributed by atoms with Crippen LogP contribution in [-0.2, 0) is 16.1 Å². The van der Waals surface area contributed by atoms with Gasteiger partial charge in [0.15, 0.2) is 12.3 Å². The molecule has 0 saturated carbocycles. The number of esters is 1. The molecule has 0 aliphatic carbocycles. The summed E-state index contributed by atoms with van der Waals surface area (Å²) < 4.78 is 6.99. The molecular weight excluding hydrogens is 416 g/mol. The summed E-state index contributed by atoms with van der Waals surface area (Å²) in [6.45, 7) is 5.93. The van der Waals surface area contributed by atoms with Crippen LogP contribution in [0.1, 0.15) is 36.7 Å². The number of aromatic nitrogens is 3. The first-order valence-electron chi connectivity index (χ1n) is 10.7. The van der Waals surface area contributed by atoms with Crippen LogP contribution in [0.3, 0.4) is 0 Å². The summed E-state index contributed by atoms with van der Waals surface area (Å²) in [5.74, 6) is -0.904. The van der Waals surface area contributed by atoms with Gasteiger partial charge in [-0.25, -0.2) is 14.3 Å². The van der Waals surface area contributed by atoms with E-state index in [1.165, 1.54) is 6.20 Å². The quantitative estimate of drug-likeness (QED) is 0.414. The Hall–Kier alpha value is -4.00. The second kappa shape index (κ2) is 9.24.